The van der Waals surface area contributed by atoms with Gasteiger partial charge in [-0.3, -0.25) is 19.1 Å². The van der Waals surface area contributed by atoms with Crippen molar-refractivity contribution in [2.45, 2.75) is 51.1 Å². The fourth-order valence-electron chi connectivity index (χ4n) is 2.22. The molecule has 142 valence electrons. The van der Waals surface area contributed by atoms with Gasteiger partial charge in [0.15, 0.2) is 19.8 Å². The van der Waals surface area contributed by atoms with E-state index in [1.54, 1.807) is 0 Å². The first-order valence-electron chi connectivity index (χ1n) is 8.09. The first-order chi connectivity index (χ1) is 12.2. The van der Waals surface area contributed by atoms with Crippen molar-refractivity contribution in [1.29, 1.82) is 0 Å². The molecule has 3 unspecified atom stereocenters. The number of aromatic nitrogens is 2. The summed E-state index contributed by atoms with van der Waals surface area (Å²) in [5.74, 6) is -0.897. The van der Waals surface area contributed by atoms with Crippen LogP contribution in [-0.4, -0.2) is 53.1 Å². The Labute approximate surface area is 156 Å². The summed E-state index contributed by atoms with van der Waals surface area (Å²) in [5, 5.41) is 9.98. The summed E-state index contributed by atoms with van der Waals surface area (Å²) in [4.78, 5) is 36.3. The molecule has 3 atom stereocenters. The number of carbonyl (C=O) groups excluding carboxylic acids is 2. The van der Waals surface area contributed by atoms with Gasteiger partial charge < -0.3 is 20.3 Å². The number of ether oxygens (including phenoxy) is 2. The summed E-state index contributed by atoms with van der Waals surface area (Å²) < 4.78 is 11.2. The topological polar surface area (TPSA) is 137 Å². The van der Waals surface area contributed by atoms with Gasteiger partial charge in [0.2, 0.25) is 0 Å². The number of esters is 1. The van der Waals surface area contributed by atoms with E-state index in [4.69, 9.17) is 30.5 Å². The van der Waals surface area contributed by atoms with E-state index in [-0.39, 0.29) is 16.6 Å². The Kier molecular flexibility index (Phi) is 8.35. The van der Waals surface area contributed by atoms with Gasteiger partial charge in [-0.2, -0.15) is 0 Å². The molecule has 1 aromatic heterocycles. The van der Waals surface area contributed by atoms with E-state index >= 15 is 0 Å². The van der Waals surface area contributed by atoms with Gasteiger partial charge in [-0.25, -0.2) is 4.79 Å². The Morgan fingerprint density at radius 1 is 1.62 bits per heavy atom. The molecule has 0 saturated carbocycles. The molecule has 4 N–H and O–H groups in total. The van der Waals surface area contributed by atoms with E-state index < -0.39 is 36.2 Å². The Morgan fingerprint density at radius 3 is 2.77 bits per heavy atom. The summed E-state index contributed by atoms with van der Waals surface area (Å²) in [6.07, 6.45) is 1.66. The third kappa shape index (κ3) is 5.59. The first kappa shape index (κ1) is 22.2. The number of aliphatic hydroxyl groups is 1. The van der Waals surface area contributed by atoms with Crippen molar-refractivity contribution < 1.29 is 24.2 Å². The molecule has 0 aromatic carbocycles. The van der Waals surface area contributed by atoms with Gasteiger partial charge in [0.25, 0.3) is 0 Å². The van der Waals surface area contributed by atoms with Gasteiger partial charge in [-0.1, -0.05) is 32.5 Å². The zero-order chi connectivity index (χ0) is 19.9. The van der Waals surface area contributed by atoms with Crippen molar-refractivity contribution in [2.24, 2.45) is 5.73 Å². The van der Waals surface area contributed by atoms with Crippen LogP contribution in [-0.2, 0) is 14.3 Å². The van der Waals surface area contributed by atoms with Gasteiger partial charge in [0, 0.05) is 6.20 Å². The monoisotopic (exact) mass is 383 g/mol. The van der Waals surface area contributed by atoms with E-state index in [0.29, 0.717) is 12.7 Å². The van der Waals surface area contributed by atoms with Gasteiger partial charge in [-0.05, 0) is 12.8 Å². The Hall–Kier alpha value is -1.82. The number of aldehydes is 1. The molecule has 0 aliphatic carbocycles. The maximum Gasteiger partial charge on any atom is 0.328 e. The summed E-state index contributed by atoms with van der Waals surface area (Å²) in [5.41, 5.74) is 2.25. The van der Waals surface area contributed by atoms with Crippen LogP contribution in [0.15, 0.2) is 11.0 Å². The molecule has 1 aliphatic heterocycles. The lowest BCUT2D eigenvalue weighted by Gasteiger charge is -2.30. The summed E-state index contributed by atoms with van der Waals surface area (Å²) >= 11 is 4.85. The highest BCUT2D eigenvalue weighted by Crippen LogP contribution is 2.32. The molecule has 9 nitrogen and oxygen atoms in total. The van der Waals surface area contributed by atoms with E-state index in [2.05, 4.69) is 23.6 Å². The normalized spacial score (nSPS) is 21.2. The molecule has 0 bridgehead atoms. The lowest BCUT2D eigenvalue weighted by atomic mass is 9.87. The number of nitrogens with one attached hydrogen (secondary N) is 1. The molecule has 2 heterocycles. The highest BCUT2D eigenvalue weighted by atomic mass is 32.1. The Bertz CT molecular complexity index is 748. The zero-order valence-corrected chi connectivity index (χ0v) is 15.5. The van der Waals surface area contributed by atoms with Crippen LogP contribution in [0.5, 0.6) is 0 Å². The molecule has 0 spiro atoms. The number of hydrogen-bond acceptors (Lipinski definition) is 8. The van der Waals surface area contributed by atoms with Gasteiger partial charge in [0.05, 0.1) is 12.1 Å². The molecular formula is C15H22BN3O6S. The number of nitrogens with two attached hydrogens (primary N) is 1. The van der Waals surface area contributed by atoms with Crippen LogP contribution in [0.2, 0.25) is 0 Å². The summed E-state index contributed by atoms with van der Waals surface area (Å²) in [6.45, 7) is 3.80. The second kappa shape index (κ2) is 9.76. The minimum atomic E-state index is -2.37. The van der Waals surface area contributed by atoms with E-state index in [0.717, 1.165) is 4.57 Å². The average molecular weight is 383 g/mol. The Balaban J connectivity index is 0.00000105. The molecule has 2 radical (unpaired) electrons. The SMILES string of the molecule is CCC.[B]C(O)(OC(=O)CN)C1CCC(n2cc(C=O)c(=S)[nH]c2=O)O1. The van der Waals surface area contributed by atoms with Gasteiger partial charge in [0.1, 0.15) is 17.0 Å². The number of nitrogens with zero attached hydrogens (tertiary/aromatic N) is 1. The van der Waals surface area contributed by atoms with E-state index in [1.165, 1.54) is 12.6 Å². The standard InChI is InChI=1S/C12H14BN3O6S.C3H8/c13-12(20,22-9(18)3-14)7-1-2-8(21-7)16-4-6(5-17)10(23)15-11(16)19;1-3-2/h4-5,7-8,20H,1-3,14H2,(H,15,19,23);3H2,1-2H3. The lowest BCUT2D eigenvalue weighted by Crippen LogP contribution is -2.48. The van der Waals surface area contributed by atoms with E-state index in [9.17, 15) is 19.5 Å². The van der Waals surface area contributed by atoms with Crippen molar-refractivity contribution in [3.8, 4) is 0 Å². The minimum absolute atomic E-state index is 0.0167. The number of rotatable bonds is 5. The van der Waals surface area contributed by atoms with Crippen LogP contribution >= 0.6 is 12.2 Å². The Morgan fingerprint density at radius 2 is 2.23 bits per heavy atom. The average Bonchev–Trinajstić information content (AvgIpc) is 3.06. The summed E-state index contributed by atoms with van der Waals surface area (Å²) in [6, 6.07) is 0. The number of aromatic amines is 1. The van der Waals surface area contributed by atoms with Crippen molar-refractivity contribution in [3.63, 3.8) is 0 Å². The number of hydrogen-bond donors (Lipinski definition) is 3. The van der Waals surface area contributed by atoms with E-state index in [1.807, 2.05) is 0 Å². The third-order valence-corrected chi connectivity index (χ3v) is 3.67. The minimum Gasteiger partial charge on any atom is -0.440 e. The van der Waals surface area contributed by atoms with Crippen molar-refractivity contribution in [1.82, 2.24) is 9.55 Å². The maximum atomic E-state index is 11.9. The smallest absolute Gasteiger partial charge is 0.328 e. The predicted octanol–water partition coefficient (Wildman–Crippen LogP) is 0.129. The fourth-order valence-corrected chi connectivity index (χ4v) is 2.41. The van der Waals surface area contributed by atoms with Gasteiger partial charge >= 0.3 is 11.7 Å². The molecule has 1 fully saturated rings. The lowest BCUT2D eigenvalue weighted by molar-refractivity contribution is -0.214. The molecular weight excluding hydrogens is 361 g/mol. The van der Waals surface area contributed by atoms with Crippen molar-refractivity contribution in [3.05, 3.63) is 26.9 Å². The highest BCUT2D eigenvalue weighted by molar-refractivity contribution is 7.71. The molecule has 2 rings (SSSR count). The highest BCUT2D eigenvalue weighted by Gasteiger charge is 2.42. The van der Waals surface area contributed by atoms with Crippen LogP contribution < -0.4 is 11.4 Å². The summed E-state index contributed by atoms with van der Waals surface area (Å²) in [7, 11) is 5.52. The quantitative estimate of drug-likeness (QED) is 0.215. The van der Waals surface area contributed by atoms with Crippen molar-refractivity contribution >= 4 is 32.3 Å². The fraction of sp³-hybridized carbons (Fsp3) is 0.600. The second-order valence-corrected chi connectivity index (χ2v) is 6.07. The molecule has 1 aliphatic rings. The number of carbonyl (C=O) groups is 2. The molecule has 26 heavy (non-hydrogen) atoms. The second-order valence-electron chi connectivity index (χ2n) is 5.66. The zero-order valence-electron chi connectivity index (χ0n) is 14.6. The largest absolute Gasteiger partial charge is 0.440 e. The van der Waals surface area contributed by atoms with Crippen LogP contribution in [0.25, 0.3) is 0 Å². The molecule has 1 aromatic rings. The molecule has 11 heteroatoms. The molecule has 1 saturated heterocycles. The van der Waals surface area contributed by atoms with Crippen LogP contribution in [0.3, 0.4) is 0 Å². The van der Waals surface area contributed by atoms with Crippen LogP contribution in [0, 0.1) is 4.64 Å². The van der Waals surface area contributed by atoms with Gasteiger partial charge in [-0.15, -0.1) is 0 Å². The number of H-pyrrole nitrogens is 1. The van der Waals surface area contributed by atoms with Crippen LogP contribution in [0.4, 0.5) is 0 Å². The van der Waals surface area contributed by atoms with Crippen molar-refractivity contribution in [2.75, 3.05) is 6.54 Å². The third-order valence-electron chi connectivity index (χ3n) is 3.34. The molecule has 0 amide bonds. The first-order valence-corrected chi connectivity index (χ1v) is 8.50. The maximum absolute atomic E-state index is 11.9. The predicted molar refractivity (Wildman–Crippen MR) is 96.2 cm³/mol. The van der Waals surface area contributed by atoms with Crippen LogP contribution in [0.1, 0.15) is 49.7 Å².